The highest BCUT2D eigenvalue weighted by molar-refractivity contribution is 5.97. The summed E-state index contributed by atoms with van der Waals surface area (Å²) in [5.41, 5.74) is 2.85. The normalized spacial score (nSPS) is 17.3. The number of carbonyl (C=O) groups excluding carboxylic acids is 1. The molecule has 0 atom stereocenters. The number of nitrogens with zero attached hydrogens (tertiary/aromatic N) is 3. The second-order valence-corrected chi connectivity index (χ2v) is 9.49. The van der Waals surface area contributed by atoms with E-state index in [-0.39, 0.29) is 22.8 Å². The van der Waals surface area contributed by atoms with Gasteiger partial charge in [-0.25, -0.2) is 8.78 Å². The van der Waals surface area contributed by atoms with Crippen LogP contribution in [0.1, 0.15) is 40.5 Å². The van der Waals surface area contributed by atoms with Gasteiger partial charge in [-0.05, 0) is 62.6 Å². The number of rotatable bonds is 4. The summed E-state index contributed by atoms with van der Waals surface area (Å²) in [6.07, 6.45) is -3.58. The topological polar surface area (TPSA) is 47.4 Å². The predicted octanol–water partition coefficient (Wildman–Crippen LogP) is 5.82. The maximum atomic E-state index is 13.9. The van der Waals surface area contributed by atoms with Gasteiger partial charge in [-0.1, -0.05) is 6.07 Å². The van der Waals surface area contributed by atoms with E-state index in [0.29, 0.717) is 19.2 Å². The van der Waals surface area contributed by atoms with Crippen LogP contribution in [0.4, 0.5) is 22.0 Å². The van der Waals surface area contributed by atoms with E-state index in [4.69, 9.17) is 0 Å². The molecule has 1 saturated carbocycles. The molecule has 1 amide bonds. The van der Waals surface area contributed by atoms with Gasteiger partial charge < -0.3 is 9.64 Å². The highest BCUT2D eigenvalue weighted by Gasteiger charge is 2.55. The van der Waals surface area contributed by atoms with E-state index < -0.39 is 23.8 Å². The summed E-state index contributed by atoms with van der Waals surface area (Å²) in [4.78, 5) is 14.3. The smallest absolute Gasteiger partial charge is 0.405 e. The lowest BCUT2D eigenvalue weighted by Gasteiger charge is -2.59. The van der Waals surface area contributed by atoms with Crippen molar-refractivity contribution >= 4 is 5.91 Å². The molecule has 0 N–H and O–H groups in total. The van der Waals surface area contributed by atoms with Gasteiger partial charge in [-0.15, -0.1) is 13.2 Å². The number of carbonyl (C=O) groups is 1. The number of ether oxygens (including phenoxy) is 1. The molecule has 1 spiro atoms. The Balaban J connectivity index is 1.29. The molecular formula is C25H22F5N3O2. The molecule has 1 aliphatic carbocycles. The molecule has 1 saturated heterocycles. The molecule has 1 aliphatic heterocycles. The van der Waals surface area contributed by atoms with E-state index in [0.717, 1.165) is 47.5 Å². The van der Waals surface area contributed by atoms with Crippen LogP contribution in [0.15, 0.2) is 42.5 Å². The van der Waals surface area contributed by atoms with E-state index in [2.05, 4.69) is 9.84 Å². The second-order valence-electron chi connectivity index (χ2n) is 9.49. The van der Waals surface area contributed by atoms with E-state index >= 15 is 0 Å². The number of benzene rings is 2. The fraction of sp³-hybridized carbons (Fsp3) is 0.360. The van der Waals surface area contributed by atoms with Gasteiger partial charge in [0.2, 0.25) is 0 Å². The van der Waals surface area contributed by atoms with Crippen molar-refractivity contribution < 1.29 is 31.5 Å². The summed E-state index contributed by atoms with van der Waals surface area (Å²) in [5.74, 6) is -2.74. The number of alkyl halides is 3. The van der Waals surface area contributed by atoms with Crippen LogP contribution in [-0.4, -0.2) is 40.0 Å². The van der Waals surface area contributed by atoms with E-state index in [1.807, 2.05) is 24.6 Å². The Labute approximate surface area is 198 Å². The van der Waals surface area contributed by atoms with Crippen molar-refractivity contribution in [3.8, 4) is 17.0 Å². The van der Waals surface area contributed by atoms with Crippen molar-refractivity contribution in [1.82, 2.24) is 14.7 Å². The molecule has 2 fully saturated rings. The first kappa shape index (κ1) is 23.3. The largest absolute Gasteiger partial charge is 0.573 e. The molecule has 0 unspecified atom stereocenters. The van der Waals surface area contributed by atoms with Crippen LogP contribution in [0.2, 0.25) is 0 Å². The average molecular weight is 491 g/mol. The lowest BCUT2D eigenvalue weighted by molar-refractivity contribution is -0.274. The molecule has 1 aromatic heterocycles. The Morgan fingerprint density at radius 1 is 1.03 bits per heavy atom. The Morgan fingerprint density at radius 3 is 2.37 bits per heavy atom. The van der Waals surface area contributed by atoms with Gasteiger partial charge in [0, 0.05) is 30.1 Å². The van der Waals surface area contributed by atoms with Gasteiger partial charge in [-0.2, -0.15) is 5.10 Å². The molecule has 2 aliphatic rings. The first-order valence-electron chi connectivity index (χ1n) is 11.1. The third-order valence-electron chi connectivity index (χ3n) is 6.76. The average Bonchev–Trinajstić information content (AvgIpc) is 3.07. The van der Waals surface area contributed by atoms with Crippen molar-refractivity contribution in [2.75, 3.05) is 13.1 Å². The zero-order chi connectivity index (χ0) is 25.1. The van der Waals surface area contributed by atoms with Gasteiger partial charge in [-0.3, -0.25) is 9.48 Å². The minimum Gasteiger partial charge on any atom is -0.405 e. The summed E-state index contributed by atoms with van der Waals surface area (Å²) in [6.45, 7) is 4.53. The van der Waals surface area contributed by atoms with Gasteiger partial charge in [0.25, 0.3) is 5.91 Å². The van der Waals surface area contributed by atoms with Crippen molar-refractivity contribution in [1.29, 1.82) is 0 Å². The molecule has 184 valence electrons. The lowest BCUT2D eigenvalue weighted by atomic mass is 9.60. The Kier molecular flexibility index (Phi) is 5.37. The highest BCUT2D eigenvalue weighted by Crippen LogP contribution is 2.55. The van der Waals surface area contributed by atoms with E-state index in [1.165, 1.54) is 17.0 Å². The molecule has 0 radical (unpaired) electrons. The molecule has 5 rings (SSSR count). The molecule has 10 heteroatoms. The fourth-order valence-electron chi connectivity index (χ4n) is 5.20. The number of aryl methyl sites for hydroxylation is 2. The maximum absolute atomic E-state index is 13.9. The number of likely N-dealkylation sites (tertiary alicyclic amines) is 1. The monoisotopic (exact) mass is 491 g/mol. The van der Waals surface area contributed by atoms with Crippen molar-refractivity contribution in [3.63, 3.8) is 0 Å². The van der Waals surface area contributed by atoms with Crippen molar-refractivity contribution in [2.45, 2.75) is 39.1 Å². The number of hydrogen-bond acceptors (Lipinski definition) is 3. The second kappa shape index (κ2) is 8.07. The van der Waals surface area contributed by atoms with Crippen LogP contribution in [0.5, 0.6) is 5.75 Å². The number of hydrogen-bond donors (Lipinski definition) is 0. The number of halogens is 5. The molecule has 0 bridgehead atoms. The van der Waals surface area contributed by atoms with Crippen molar-refractivity contribution in [2.24, 2.45) is 5.41 Å². The third kappa shape index (κ3) is 4.37. The highest BCUT2D eigenvalue weighted by atomic mass is 19.4. The van der Waals surface area contributed by atoms with Crippen LogP contribution in [-0.2, 0) is 0 Å². The van der Waals surface area contributed by atoms with Gasteiger partial charge in [0.05, 0.1) is 23.0 Å². The summed E-state index contributed by atoms with van der Waals surface area (Å²) in [7, 11) is 0. The quantitative estimate of drug-likeness (QED) is 0.432. The number of amides is 1. The lowest BCUT2D eigenvalue weighted by Crippen LogP contribution is -2.63. The fourth-order valence-corrected chi connectivity index (χ4v) is 5.20. The zero-order valence-electron chi connectivity index (χ0n) is 19.0. The van der Waals surface area contributed by atoms with Gasteiger partial charge in [0.15, 0.2) is 0 Å². The first-order valence-corrected chi connectivity index (χ1v) is 11.1. The predicted molar refractivity (Wildman–Crippen MR) is 117 cm³/mol. The minimum absolute atomic E-state index is 0.0635. The Hall–Kier alpha value is -3.43. The number of aromatic nitrogens is 2. The Bertz CT molecular complexity index is 1300. The third-order valence-corrected chi connectivity index (χ3v) is 6.76. The standard InChI is InChI=1S/C25H22F5N3O2/c1-14-3-4-16(26)8-20(14)21-7-15(2)31-33(21)18-10-24(11-18)12-32(13-24)23(34)19-6-5-17(27)9-22(19)35-25(28,29)30/h3-9,18H,10-13H2,1-2H3. The maximum Gasteiger partial charge on any atom is 0.573 e. The SMILES string of the molecule is Cc1cc(-c2cc(F)ccc2C)n(C2CC3(C2)CN(C(=O)c2ccc(F)cc2OC(F)(F)F)C3)n1. The van der Waals surface area contributed by atoms with Gasteiger partial charge >= 0.3 is 6.36 Å². The molecule has 3 aromatic rings. The molecular weight excluding hydrogens is 469 g/mol. The van der Waals surface area contributed by atoms with E-state index in [1.54, 1.807) is 6.07 Å². The minimum atomic E-state index is -5.04. The van der Waals surface area contributed by atoms with Crippen molar-refractivity contribution in [3.05, 3.63) is 70.9 Å². The first-order chi connectivity index (χ1) is 16.4. The van der Waals surface area contributed by atoms with Crippen LogP contribution < -0.4 is 4.74 Å². The van der Waals surface area contributed by atoms with Crippen LogP contribution >= 0.6 is 0 Å². The summed E-state index contributed by atoms with van der Waals surface area (Å²) in [5, 5.41) is 4.61. The molecule has 5 nitrogen and oxygen atoms in total. The zero-order valence-corrected chi connectivity index (χ0v) is 19.0. The van der Waals surface area contributed by atoms with E-state index in [9.17, 15) is 26.7 Å². The van der Waals surface area contributed by atoms with Crippen LogP contribution in [0.25, 0.3) is 11.3 Å². The molecule has 2 heterocycles. The Morgan fingerprint density at radius 2 is 1.69 bits per heavy atom. The summed E-state index contributed by atoms with van der Waals surface area (Å²) in [6, 6.07) is 9.11. The molecule has 35 heavy (non-hydrogen) atoms. The van der Waals surface area contributed by atoms with Crippen LogP contribution in [0.3, 0.4) is 0 Å². The molecule has 2 aromatic carbocycles. The summed E-state index contributed by atoms with van der Waals surface area (Å²) < 4.78 is 71.3. The summed E-state index contributed by atoms with van der Waals surface area (Å²) >= 11 is 0. The van der Waals surface area contributed by atoms with Crippen LogP contribution in [0, 0.1) is 30.9 Å². The van der Waals surface area contributed by atoms with Gasteiger partial charge in [0.1, 0.15) is 17.4 Å².